The molecule has 0 radical (unpaired) electrons. The second kappa shape index (κ2) is 12.4. The molecule has 0 bridgehead atoms. The van der Waals surface area contributed by atoms with Gasteiger partial charge in [0.15, 0.2) is 22.9 Å². The van der Waals surface area contributed by atoms with Gasteiger partial charge in [-0.05, 0) is 5.56 Å². The molecule has 0 spiro atoms. The van der Waals surface area contributed by atoms with Crippen LogP contribution in [0.1, 0.15) is 30.1 Å². The maximum atomic E-state index is 11.3. The summed E-state index contributed by atoms with van der Waals surface area (Å²) in [5.41, 5.74) is 15.2. The van der Waals surface area contributed by atoms with E-state index < -0.39 is 0 Å². The molecule has 5 rings (SSSR count). The number of aromatic amines is 1. The standard InChI is InChI=1S/C16H17N5O2.C9H11N5O2/c1-23-13(22)8-7-12-19-15(17)14-16(20-12)21(10-18-14)9-11-5-3-2-4-6-11;1-16-6(15)3-2-5-13-8(10)7-9(14-5)12-4-11-7/h2-6,10H,7-9H2,1H3,(H2,17,19,20);4H,2-3H2,1H3,(H3,10,11,12,13,14). The van der Waals surface area contributed by atoms with Crippen LogP contribution in [0.3, 0.4) is 0 Å². The van der Waals surface area contributed by atoms with Crippen molar-refractivity contribution in [3.63, 3.8) is 0 Å². The molecule has 0 aliphatic rings. The lowest BCUT2D eigenvalue weighted by atomic mass is 10.2. The minimum Gasteiger partial charge on any atom is -0.469 e. The van der Waals surface area contributed by atoms with Crippen LogP contribution >= 0.6 is 0 Å². The molecule has 0 saturated carbocycles. The van der Waals surface area contributed by atoms with Crippen LogP contribution in [0.5, 0.6) is 0 Å². The van der Waals surface area contributed by atoms with Crippen molar-refractivity contribution in [2.75, 3.05) is 25.7 Å². The Bertz CT molecular complexity index is 1580. The number of methoxy groups -OCH3 is 2. The van der Waals surface area contributed by atoms with E-state index in [0.29, 0.717) is 65.0 Å². The van der Waals surface area contributed by atoms with E-state index in [2.05, 4.69) is 44.4 Å². The number of nitrogens with zero attached hydrogens (tertiary/aromatic N) is 7. The number of nitrogens with two attached hydrogens (primary N) is 2. The number of carbonyl (C=O) groups is 2. The molecule has 0 atom stereocenters. The number of carbonyl (C=O) groups excluding carboxylic acids is 2. The molecule has 0 amide bonds. The first-order chi connectivity index (χ1) is 18.9. The minimum absolute atomic E-state index is 0.217. The van der Waals surface area contributed by atoms with Gasteiger partial charge in [-0.2, -0.15) is 0 Å². The molecule has 0 aliphatic heterocycles. The van der Waals surface area contributed by atoms with Crippen molar-refractivity contribution < 1.29 is 19.1 Å². The van der Waals surface area contributed by atoms with Crippen LogP contribution in [0, 0.1) is 0 Å². The molecular weight excluding hydrogens is 504 g/mol. The Morgan fingerprint density at radius 1 is 0.872 bits per heavy atom. The summed E-state index contributed by atoms with van der Waals surface area (Å²) in [5, 5.41) is 0. The van der Waals surface area contributed by atoms with Gasteiger partial charge >= 0.3 is 11.9 Å². The number of benzene rings is 1. The molecule has 14 heteroatoms. The number of nitrogen functional groups attached to an aromatic ring is 2. The summed E-state index contributed by atoms with van der Waals surface area (Å²) in [4.78, 5) is 50.3. The zero-order valence-electron chi connectivity index (χ0n) is 21.5. The first-order valence-corrected chi connectivity index (χ1v) is 12.0. The number of esters is 2. The van der Waals surface area contributed by atoms with Crippen LogP contribution in [0.15, 0.2) is 43.0 Å². The van der Waals surface area contributed by atoms with Gasteiger partial charge in [-0.1, -0.05) is 30.3 Å². The van der Waals surface area contributed by atoms with E-state index in [1.54, 1.807) is 6.33 Å². The van der Waals surface area contributed by atoms with Crippen LogP contribution in [0.4, 0.5) is 11.6 Å². The zero-order chi connectivity index (χ0) is 27.8. The highest BCUT2D eigenvalue weighted by Crippen LogP contribution is 2.18. The number of rotatable bonds is 8. The summed E-state index contributed by atoms with van der Waals surface area (Å²) in [7, 11) is 2.70. The van der Waals surface area contributed by atoms with E-state index in [4.69, 9.17) is 11.5 Å². The first-order valence-electron chi connectivity index (χ1n) is 12.0. The predicted molar refractivity (Wildman–Crippen MR) is 142 cm³/mol. The van der Waals surface area contributed by atoms with Crippen molar-refractivity contribution in [3.05, 3.63) is 60.2 Å². The third-order valence-electron chi connectivity index (χ3n) is 5.65. The molecule has 14 nitrogen and oxygen atoms in total. The predicted octanol–water partition coefficient (Wildman–Crippen LogP) is 1.60. The molecule has 1 aromatic carbocycles. The number of ether oxygens (including phenoxy) is 2. The molecule has 5 N–H and O–H groups in total. The summed E-state index contributed by atoms with van der Waals surface area (Å²) in [6, 6.07) is 10.0. The van der Waals surface area contributed by atoms with Crippen molar-refractivity contribution in [3.8, 4) is 0 Å². The van der Waals surface area contributed by atoms with Crippen molar-refractivity contribution in [2.45, 2.75) is 32.2 Å². The number of nitrogens with one attached hydrogen (secondary N) is 1. The highest BCUT2D eigenvalue weighted by molar-refractivity contribution is 5.82. The monoisotopic (exact) mass is 532 g/mol. The van der Waals surface area contributed by atoms with Crippen LogP contribution in [-0.2, 0) is 38.4 Å². The second-order valence-electron chi connectivity index (χ2n) is 8.33. The number of H-pyrrole nitrogens is 1. The summed E-state index contributed by atoms with van der Waals surface area (Å²) in [5.74, 6) is 1.05. The van der Waals surface area contributed by atoms with Gasteiger partial charge in [0.2, 0.25) is 0 Å². The molecular formula is C25H28N10O4. The minimum atomic E-state index is -0.302. The summed E-state index contributed by atoms with van der Waals surface area (Å²) < 4.78 is 11.1. The summed E-state index contributed by atoms with van der Waals surface area (Å²) >= 11 is 0. The Morgan fingerprint density at radius 2 is 1.51 bits per heavy atom. The second-order valence-corrected chi connectivity index (χ2v) is 8.33. The SMILES string of the molecule is COC(=O)CCc1nc(N)c2[nH]cnc2n1.COC(=O)CCc1nc(N)c2ncn(Cc3ccccc3)c2n1. The molecule has 4 heterocycles. The molecule has 5 aromatic rings. The lowest BCUT2D eigenvalue weighted by Gasteiger charge is -2.06. The highest BCUT2D eigenvalue weighted by Gasteiger charge is 2.13. The molecule has 4 aromatic heterocycles. The third kappa shape index (κ3) is 6.80. The van der Waals surface area contributed by atoms with Crippen LogP contribution in [-0.4, -0.2) is 65.6 Å². The Balaban J connectivity index is 0.000000193. The number of aryl methyl sites for hydroxylation is 2. The Hall–Kier alpha value is -5.14. The van der Waals surface area contributed by atoms with Crippen molar-refractivity contribution >= 4 is 45.9 Å². The topological polar surface area (TPSA) is 203 Å². The van der Waals surface area contributed by atoms with E-state index >= 15 is 0 Å². The average Bonchev–Trinajstić information content (AvgIpc) is 3.59. The van der Waals surface area contributed by atoms with Gasteiger partial charge in [0.05, 0.1) is 46.3 Å². The molecule has 0 aliphatic carbocycles. The van der Waals surface area contributed by atoms with Crippen LogP contribution in [0.2, 0.25) is 0 Å². The lowest BCUT2D eigenvalue weighted by Crippen LogP contribution is -2.08. The zero-order valence-corrected chi connectivity index (χ0v) is 21.5. The van der Waals surface area contributed by atoms with E-state index in [1.165, 1.54) is 20.5 Å². The summed E-state index contributed by atoms with van der Waals surface area (Å²) in [6.07, 6.45) is 4.41. The van der Waals surface area contributed by atoms with Crippen molar-refractivity contribution in [2.24, 2.45) is 0 Å². The molecule has 0 saturated heterocycles. The van der Waals surface area contributed by atoms with Gasteiger partial charge in [0.1, 0.15) is 22.7 Å². The highest BCUT2D eigenvalue weighted by atomic mass is 16.5. The number of aromatic nitrogens is 8. The molecule has 0 fully saturated rings. The van der Waals surface area contributed by atoms with Gasteiger partial charge in [0, 0.05) is 12.8 Å². The van der Waals surface area contributed by atoms with Gasteiger partial charge in [-0.15, -0.1) is 0 Å². The maximum absolute atomic E-state index is 11.3. The van der Waals surface area contributed by atoms with Gasteiger partial charge < -0.3 is 30.5 Å². The average molecular weight is 533 g/mol. The van der Waals surface area contributed by atoms with Gasteiger partial charge in [-0.3, -0.25) is 9.59 Å². The largest absolute Gasteiger partial charge is 0.469 e. The van der Waals surface area contributed by atoms with Gasteiger partial charge in [0.25, 0.3) is 0 Å². The number of hydrogen-bond acceptors (Lipinski definition) is 12. The fraction of sp³-hybridized carbons (Fsp3) is 0.280. The number of fused-ring (bicyclic) bond motifs is 2. The van der Waals surface area contributed by atoms with Gasteiger partial charge in [-0.25, -0.2) is 29.9 Å². The van der Waals surface area contributed by atoms with E-state index in [-0.39, 0.29) is 24.8 Å². The molecule has 39 heavy (non-hydrogen) atoms. The maximum Gasteiger partial charge on any atom is 0.305 e. The van der Waals surface area contributed by atoms with E-state index in [1.807, 2.05) is 34.9 Å². The number of anilines is 2. The normalized spacial score (nSPS) is 10.7. The van der Waals surface area contributed by atoms with Crippen molar-refractivity contribution in [1.29, 1.82) is 0 Å². The molecule has 0 unspecified atom stereocenters. The Labute approximate surface area is 222 Å². The number of hydrogen-bond donors (Lipinski definition) is 3. The lowest BCUT2D eigenvalue weighted by molar-refractivity contribution is -0.141. The van der Waals surface area contributed by atoms with E-state index in [9.17, 15) is 9.59 Å². The fourth-order valence-electron chi connectivity index (χ4n) is 3.67. The molecule has 202 valence electrons. The number of imidazole rings is 2. The third-order valence-corrected chi connectivity index (χ3v) is 5.65. The Kier molecular flexibility index (Phi) is 8.56. The van der Waals surface area contributed by atoms with Crippen LogP contribution in [0.25, 0.3) is 22.3 Å². The fourth-order valence-corrected chi connectivity index (χ4v) is 3.67. The van der Waals surface area contributed by atoms with Crippen LogP contribution < -0.4 is 11.5 Å². The smallest absolute Gasteiger partial charge is 0.305 e. The first kappa shape index (κ1) is 26.9. The van der Waals surface area contributed by atoms with Crippen molar-refractivity contribution in [1.82, 2.24) is 39.5 Å². The van der Waals surface area contributed by atoms with E-state index in [0.717, 1.165) is 5.56 Å². The quantitative estimate of drug-likeness (QED) is 0.244. The summed E-state index contributed by atoms with van der Waals surface area (Å²) in [6.45, 7) is 0.643. The Morgan fingerprint density at radius 3 is 2.18 bits per heavy atom.